The Labute approximate surface area is 113 Å². The molecule has 0 radical (unpaired) electrons. The summed E-state index contributed by atoms with van der Waals surface area (Å²) in [6.45, 7) is -0.662. The van der Waals surface area contributed by atoms with Crippen LogP contribution in [0.15, 0.2) is 34.9 Å². The number of aryl methyl sites for hydroxylation is 1. The van der Waals surface area contributed by atoms with Crippen molar-refractivity contribution in [1.29, 1.82) is 0 Å². The molecule has 0 fully saturated rings. The molecule has 2 aromatic rings. The van der Waals surface area contributed by atoms with Crippen molar-refractivity contribution in [3.63, 3.8) is 0 Å². The molecule has 5 heteroatoms. The molecule has 0 aliphatic heterocycles. The Balaban J connectivity index is 2.31. The maximum Gasteiger partial charge on any atom is 0.333 e. The van der Waals surface area contributed by atoms with Gasteiger partial charge in [-0.3, -0.25) is 0 Å². The first-order chi connectivity index (χ1) is 8.61. The Morgan fingerprint density at radius 3 is 2.61 bits per heavy atom. The highest BCUT2D eigenvalue weighted by molar-refractivity contribution is 9.10. The summed E-state index contributed by atoms with van der Waals surface area (Å²) >= 11 is 3.46. The van der Waals surface area contributed by atoms with Crippen LogP contribution >= 0.6 is 15.9 Å². The lowest BCUT2D eigenvalue weighted by atomic mass is 10.0. The van der Waals surface area contributed by atoms with E-state index in [0.717, 1.165) is 26.0 Å². The van der Waals surface area contributed by atoms with Gasteiger partial charge in [-0.15, -0.1) is 0 Å². The zero-order chi connectivity index (χ0) is 13.1. The second kappa shape index (κ2) is 5.61. The summed E-state index contributed by atoms with van der Waals surface area (Å²) in [5.41, 5.74) is 2.65. The van der Waals surface area contributed by atoms with Crippen molar-refractivity contribution >= 4 is 15.9 Å². The van der Waals surface area contributed by atoms with E-state index in [1.807, 2.05) is 31.2 Å². The molecular formula is C13H13BrF2N2. The van der Waals surface area contributed by atoms with Crippen LogP contribution in [0.4, 0.5) is 8.78 Å². The smallest absolute Gasteiger partial charge is 0.211 e. The first-order valence-electron chi connectivity index (χ1n) is 5.70. The van der Waals surface area contributed by atoms with Crippen molar-refractivity contribution < 1.29 is 8.78 Å². The van der Waals surface area contributed by atoms with Crippen molar-refractivity contribution in [1.82, 2.24) is 9.78 Å². The van der Waals surface area contributed by atoms with Gasteiger partial charge in [0.1, 0.15) is 0 Å². The minimum Gasteiger partial charge on any atom is -0.211 e. The van der Waals surface area contributed by atoms with Crippen LogP contribution in [0.25, 0.3) is 0 Å². The number of hydrogen-bond donors (Lipinski definition) is 0. The van der Waals surface area contributed by atoms with Gasteiger partial charge in [0.15, 0.2) is 0 Å². The van der Waals surface area contributed by atoms with Crippen LogP contribution in [0.3, 0.4) is 0 Å². The lowest BCUT2D eigenvalue weighted by Gasteiger charge is -2.03. The fourth-order valence-electron chi connectivity index (χ4n) is 1.86. The molecule has 2 rings (SSSR count). The second-order valence-electron chi connectivity index (χ2n) is 3.98. The number of benzene rings is 1. The maximum absolute atomic E-state index is 12.6. The van der Waals surface area contributed by atoms with E-state index in [0.29, 0.717) is 12.8 Å². The van der Waals surface area contributed by atoms with E-state index in [1.54, 1.807) is 0 Å². The molecule has 2 nitrogen and oxygen atoms in total. The number of nitrogens with zero attached hydrogens (tertiary/aromatic N) is 2. The average Bonchev–Trinajstić information content (AvgIpc) is 2.75. The van der Waals surface area contributed by atoms with Crippen LogP contribution in [0.5, 0.6) is 0 Å². The van der Waals surface area contributed by atoms with Crippen molar-refractivity contribution in [2.75, 3.05) is 0 Å². The van der Waals surface area contributed by atoms with E-state index in [1.165, 1.54) is 6.20 Å². The standard InChI is InChI=1S/C13H13BrF2N2/c1-2-12-10(8-18(17-12)13(15)16)7-9-5-3-4-6-11(9)14/h3-6,8,13H,2,7H2,1H3. The summed E-state index contributed by atoms with van der Waals surface area (Å²) in [6, 6.07) is 7.78. The first kappa shape index (κ1) is 13.2. The molecule has 0 atom stereocenters. The quantitative estimate of drug-likeness (QED) is 0.827. The molecule has 0 saturated carbocycles. The molecule has 0 amide bonds. The van der Waals surface area contributed by atoms with Gasteiger partial charge in [-0.25, -0.2) is 4.68 Å². The van der Waals surface area contributed by atoms with Crippen molar-refractivity contribution in [2.45, 2.75) is 26.3 Å². The topological polar surface area (TPSA) is 17.8 Å². The molecule has 0 spiro atoms. The zero-order valence-electron chi connectivity index (χ0n) is 9.91. The van der Waals surface area contributed by atoms with Crippen LogP contribution in [0, 0.1) is 0 Å². The third kappa shape index (κ3) is 2.77. The van der Waals surface area contributed by atoms with Crippen LogP contribution < -0.4 is 0 Å². The molecule has 18 heavy (non-hydrogen) atoms. The second-order valence-corrected chi connectivity index (χ2v) is 4.83. The number of alkyl halides is 2. The van der Waals surface area contributed by atoms with E-state index in [2.05, 4.69) is 21.0 Å². The van der Waals surface area contributed by atoms with Crippen LogP contribution in [0.2, 0.25) is 0 Å². The maximum atomic E-state index is 12.6. The van der Waals surface area contributed by atoms with E-state index in [4.69, 9.17) is 0 Å². The first-order valence-corrected chi connectivity index (χ1v) is 6.49. The minimum atomic E-state index is -2.58. The Bertz CT molecular complexity index is 538. The lowest BCUT2D eigenvalue weighted by Crippen LogP contribution is -1.98. The van der Waals surface area contributed by atoms with Crippen LogP contribution in [-0.2, 0) is 12.8 Å². The average molecular weight is 315 g/mol. The number of aromatic nitrogens is 2. The highest BCUT2D eigenvalue weighted by Crippen LogP contribution is 2.22. The predicted molar refractivity (Wildman–Crippen MR) is 69.8 cm³/mol. The number of hydrogen-bond acceptors (Lipinski definition) is 1. The Morgan fingerprint density at radius 2 is 2.00 bits per heavy atom. The van der Waals surface area contributed by atoms with Crippen molar-refractivity contribution in [3.05, 3.63) is 51.8 Å². The Kier molecular flexibility index (Phi) is 4.11. The molecule has 0 aliphatic rings. The molecule has 0 bridgehead atoms. The van der Waals surface area contributed by atoms with E-state index >= 15 is 0 Å². The third-order valence-electron chi connectivity index (χ3n) is 2.77. The molecule has 0 unspecified atom stereocenters. The lowest BCUT2D eigenvalue weighted by molar-refractivity contribution is 0.0561. The van der Waals surface area contributed by atoms with Crippen molar-refractivity contribution in [3.8, 4) is 0 Å². The van der Waals surface area contributed by atoms with Crippen LogP contribution in [-0.4, -0.2) is 9.78 Å². The summed E-state index contributed by atoms with van der Waals surface area (Å²) in [5, 5.41) is 3.91. The fourth-order valence-corrected chi connectivity index (χ4v) is 2.28. The van der Waals surface area contributed by atoms with Gasteiger partial charge in [-0.1, -0.05) is 41.1 Å². The Hall–Kier alpha value is -1.23. The third-order valence-corrected chi connectivity index (χ3v) is 3.54. The summed E-state index contributed by atoms with van der Waals surface area (Å²) in [4.78, 5) is 0. The normalized spacial score (nSPS) is 11.2. The zero-order valence-corrected chi connectivity index (χ0v) is 11.5. The van der Waals surface area contributed by atoms with Gasteiger partial charge in [0.2, 0.25) is 0 Å². The fraction of sp³-hybridized carbons (Fsp3) is 0.308. The predicted octanol–water partition coefficient (Wildman–Crippen LogP) is 4.19. The van der Waals surface area contributed by atoms with Gasteiger partial charge in [0.25, 0.3) is 0 Å². The molecular weight excluding hydrogens is 302 g/mol. The molecule has 1 aromatic heterocycles. The van der Waals surface area contributed by atoms with E-state index in [9.17, 15) is 8.78 Å². The van der Waals surface area contributed by atoms with Gasteiger partial charge >= 0.3 is 6.55 Å². The number of rotatable bonds is 4. The number of halogens is 3. The SMILES string of the molecule is CCc1nn(C(F)F)cc1Cc1ccccc1Br. The molecule has 1 aromatic carbocycles. The molecule has 0 aliphatic carbocycles. The van der Waals surface area contributed by atoms with Gasteiger partial charge in [0, 0.05) is 17.1 Å². The van der Waals surface area contributed by atoms with E-state index in [-0.39, 0.29) is 0 Å². The highest BCUT2D eigenvalue weighted by Gasteiger charge is 2.13. The molecule has 96 valence electrons. The van der Waals surface area contributed by atoms with Gasteiger partial charge in [-0.05, 0) is 23.6 Å². The minimum absolute atomic E-state index is 0.608. The van der Waals surface area contributed by atoms with Gasteiger partial charge in [-0.2, -0.15) is 13.9 Å². The summed E-state index contributed by atoms with van der Waals surface area (Å²) in [6.07, 6.45) is 2.69. The summed E-state index contributed by atoms with van der Waals surface area (Å²) < 4.78 is 26.9. The van der Waals surface area contributed by atoms with Crippen LogP contribution in [0.1, 0.15) is 30.3 Å². The summed E-state index contributed by atoms with van der Waals surface area (Å²) in [5.74, 6) is 0. The Morgan fingerprint density at radius 1 is 1.28 bits per heavy atom. The monoisotopic (exact) mass is 314 g/mol. The van der Waals surface area contributed by atoms with E-state index < -0.39 is 6.55 Å². The largest absolute Gasteiger partial charge is 0.333 e. The molecule has 0 N–H and O–H groups in total. The summed E-state index contributed by atoms with van der Waals surface area (Å²) in [7, 11) is 0. The highest BCUT2D eigenvalue weighted by atomic mass is 79.9. The molecule has 0 saturated heterocycles. The van der Waals surface area contributed by atoms with Crippen molar-refractivity contribution in [2.24, 2.45) is 0 Å². The van der Waals surface area contributed by atoms with Gasteiger partial charge < -0.3 is 0 Å². The molecule has 1 heterocycles. The van der Waals surface area contributed by atoms with Gasteiger partial charge in [0.05, 0.1) is 5.69 Å².